The summed E-state index contributed by atoms with van der Waals surface area (Å²) in [5.41, 5.74) is 1.02. The van der Waals surface area contributed by atoms with Crippen molar-refractivity contribution >= 4 is 20.9 Å². The molecule has 5 nitrogen and oxygen atoms in total. The van der Waals surface area contributed by atoms with E-state index in [9.17, 15) is 17.9 Å². The van der Waals surface area contributed by atoms with Gasteiger partial charge in [-0.1, -0.05) is 30.3 Å². The van der Waals surface area contributed by atoms with Gasteiger partial charge in [-0.05, 0) is 29.8 Å². The molecule has 0 bridgehead atoms. The van der Waals surface area contributed by atoms with E-state index < -0.39 is 28.5 Å². The van der Waals surface area contributed by atoms with Crippen molar-refractivity contribution in [2.45, 2.75) is 10.9 Å². The van der Waals surface area contributed by atoms with Gasteiger partial charge in [0.2, 0.25) is 10.0 Å². The highest BCUT2D eigenvalue weighted by molar-refractivity contribution is 7.89. The zero-order chi connectivity index (χ0) is 17.2. The number of nitrogens with one attached hydrogen (secondary N) is 1. The van der Waals surface area contributed by atoms with Crippen LogP contribution in [0.2, 0.25) is 0 Å². The minimum absolute atomic E-state index is 0.0175. The first-order chi connectivity index (χ1) is 11.5. The lowest BCUT2D eigenvalue weighted by Gasteiger charge is -2.17. The summed E-state index contributed by atoms with van der Waals surface area (Å²) in [4.78, 5) is 4.11. The van der Waals surface area contributed by atoms with Gasteiger partial charge in [-0.15, -0.1) is 0 Å². The molecule has 0 aliphatic carbocycles. The number of hydrogen-bond donors (Lipinski definition) is 2. The van der Waals surface area contributed by atoms with E-state index in [1.165, 1.54) is 30.5 Å². The summed E-state index contributed by atoms with van der Waals surface area (Å²) in [6.07, 6.45) is 1.25. The Balaban J connectivity index is 1.93. The topological polar surface area (TPSA) is 79.3 Å². The number of aliphatic hydroxyl groups is 1. The summed E-state index contributed by atoms with van der Waals surface area (Å²) in [5, 5.41) is 10.2. The van der Waals surface area contributed by atoms with Crippen molar-refractivity contribution in [2.75, 3.05) is 6.61 Å². The summed E-state index contributed by atoms with van der Waals surface area (Å²) in [5.74, 6) is -0.502. The highest BCUT2D eigenvalue weighted by Gasteiger charge is 2.22. The number of nitrogens with zero attached hydrogens (tertiary/aromatic N) is 1. The predicted molar refractivity (Wildman–Crippen MR) is 88.3 cm³/mol. The molecule has 2 aromatic carbocycles. The second-order valence-corrected chi connectivity index (χ2v) is 6.99. The summed E-state index contributed by atoms with van der Waals surface area (Å²) in [6, 6.07) is 13.1. The molecule has 3 aromatic rings. The molecule has 1 unspecified atom stereocenters. The van der Waals surface area contributed by atoms with E-state index in [0.29, 0.717) is 16.5 Å². The van der Waals surface area contributed by atoms with Crippen molar-refractivity contribution in [3.8, 4) is 0 Å². The van der Waals surface area contributed by atoms with E-state index in [1.807, 2.05) is 6.07 Å². The Kier molecular flexibility index (Phi) is 4.57. The molecule has 1 atom stereocenters. The Bertz CT molecular complexity index is 976. The second kappa shape index (κ2) is 6.64. The van der Waals surface area contributed by atoms with Crippen LogP contribution in [0.15, 0.2) is 65.7 Å². The van der Waals surface area contributed by atoms with Crippen LogP contribution in [0.4, 0.5) is 4.39 Å². The van der Waals surface area contributed by atoms with Crippen LogP contribution in [0.25, 0.3) is 10.9 Å². The van der Waals surface area contributed by atoms with Gasteiger partial charge in [0, 0.05) is 11.6 Å². The standard InChI is InChI=1S/C17H15FN2O3S/c18-14-6-3-5-12(8-14)17(11-21)20-24(22,23)15-9-13-4-1-2-7-16(13)19-10-15/h1-10,17,20-21H,11H2. The Morgan fingerprint density at radius 2 is 1.92 bits per heavy atom. The molecule has 7 heteroatoms. The van der Waals surface area contributed by atoms with Gasteiger partial charge in [-0.25, -0.2) is 17.5 Å². The summed E-state index contributed by atoms with van der Waals surface area (Å²) in [7, 11) is -3.92. The fourth-order valence-electron chi connectivity index (χ4n) is 2.39. The SMILES string of the molecule is O=S(=O)(NC(CO)c1cccc(F)c1)c1cnc2ccccc2c1. The van der Waals surface area contributed by atoms with Crippen LogP contribution in [0.3, 0.4) is 0 Å². The van der Waals surface area contributed by atoms with Crippen LogP contribution < -0.4 is 4.72 Å². The molecule has 0 aliphatic rings. The first kappa shape index (κ1) is 16.5. The largest absolute Gasteiger partial charge is 0.394 e. The highest BCUT2D eigenvalue weighted by Crippen LogP contribution is 2.20. The zero-order valence-electron chi connectivity index (χ0n) is 12.6. The minimum Gasteiger partial charge on any atom is -0.394 e. The van der Waals surface area contributed by atoms with Crippen molar-refractivity contribution in [2.24, 2.45) is 0 Å². The lowest BCUT2D eigenvalue weighted by atomic mass is 10.1. The lowest BCUT2D eigenvalue weighted by Crippen LogP contribution is -2.31. The van der Waals surface area contributed by atoms with Crippen molar-refractivity contribution in [1.82, 2.24) is 9.71 Å². The Hall–Kier alpha value is -2.35. The zero-order valence-corrected chi connectivity index (χ0v) is 13.4. The first-order valence-corrected chi connectivity index (χ1v) is 8.71. The van der Waals surface area contributed by atoms with Crippen molar-refractivity contribution < 1.29 is 17.9 Å². The fraction of sp³-hybridized carbons (Fsp3) is 0.118. The molecule has 1 heterocycles. The molecule has 124 valence electrons. The summed E-state index contributed by atoms with van der Waals surface area (Å²) in [6.45, 7) is -0.496. The normalized spacial score (nSPS) is 13.1. The molecule has 0 fully saturated rings. The van der Waals surface area contributed by atoms with Gasteiger partial charge in [-0.2, -0.15) is 0 Å². The maximum absolute atomic E-state index is 13.3. The molecule has 1 aromatic heterocycles. The third-order valence-electron chi connectivity index (χ3n) is 3.61. The van der Waals surface area contributed by atoms with E-state index in [1.54, 1.807) is 24.3 Å². The second-order valence-electron chi connectivity index (χ2n) is 5.28. The summed E-state index contributed by atoms with van der Waals surface area (Å²) >= 11 is 0. The number of hydrogen-bond acceptors (Lipinski definition) is 4. The number of halogens is 1. The maximum atomic E-state index is 13.3. The molecule has 2 N–H and O–H groups in total. The van der Waals surface area contributed by atoms with Gasteiger partial charge in [0.25, 0.3) is 0 Å². The van der Waals surface area contributed by atoms with E-state index in [2.05, 4.69) is 9.71 Å². The minimum atomic E-state index is -3.92. The predicted octanol–water partition coefficient (Wildman–Crippen LogP) is 2.39. The molecule has 24 heavy (non-hydrogen) atoms. The van der Waals surface area contributed by atoms with Crippen LogP contribution >= 0.6 is 0 Å². The van der Waals surface area contributed by atoms with Crippen LogP contribution in [-0.4, -0.2) is 25.1 Å². The number of fused-ring (bicyclic) bond motifs is 1. The molecular formula is C17H15FN2O3S. The third kappa shape index (κ3) is 3.43. The van der Waals surface area contributed by atoms with Gasteiger partial charge >= 0.3 is 0 Å². The van der Waals surface area contributed by atoms with E-state index in [-0.39, 0.29) is 4.90 Å². The lowest BCUT2D eigenvalue weighted by molar-refractivity contribution is 0.258. The number of aliphatic hydroxyl groups excluding tert-OH is 1. The quantitative estimate of drug-likeness (QED) is 0.743. The molecule has 0 amide bonds. The molecular weight excluding hydrogens is 331 g/mol. The smallest absolute Gasteiger partial charge is 0.242 e. The first-order valence-electron chi connectivity index (χ1n) is 7.23. The van der Waals surface area contributed by atoms with Gasteiger partial charge < -0.3 is 5.11 Å². The van der Waals surface area contributed by atoms with Crippen LogP contribution in [0.1, 0.15) is 11.6 Å². The van der Waals surface area contributed by atoms with Crippen LogP contribution in [0, 0.1) is 5.82 Å². The van der Waals surface area contributed by atoms with Crippen LogP contribution in [-0.2, 0) is 10.0 Å². The van der Waals surface area contributed by atoms with Crippen molar-refractivity contribution in [3.63, 3.8) is 0 Å². The molecule has 0 saturated heterocycles. The molecule has 0 spiro atoms. The van der Waals surface area contributed by atoms with Gasteiger partial charge in [0.1, 0.15) is 10.7 Å². The van der Waals surface area contributed by atoms with Crippen molar-refractivity contribution in [3.05, 3.63) is 72.2 Å². The van der Waals surface area contributed by atoms with Crippen LogP contribution in [0.5, 0.6) is 0 Å². The number of rotatable bonds is 5. The van der Waals surface area contributed by atoms with E-state index in [0.717, 1.165) is 0 Å². The number of sulfonamides is 1. The van der Waals surface area contributed by atoms with E-state index >= 15 is 0 Å². The fourth-order valence-corrected chi connectivity index (χ4v) is 3.58. The number of aromatic nitrogens is 1. The van der Waals surface area contributed by atoms with Gasteiger partial charge in [0.15, 0.2) is 0 Å². The average Bonchev–Trinajstić information content (AvgIpc) is 2.59. The number of para-hydroxylation sites is 1. The molecule has 3 rings (SSSR count). The Morgan fingerprint density at radius 1 is 1.12 bits per heavy atom. The van der Waals surface area contributed by atoms with E-state index in [4.69, 9.17) is 0 Å². The number of pyridine rings is 1. The molecule has 0 aliphatic heterocycles. The third-order valence-corrected chi connectivity index (χ3v) is 5.05. The Labute approximate surface area is 138 Å². The molecule has 0 saturated carbocycles. The average molecular weight is 346 g/mol. The van der Waals surface area contributed by atoms with Gasteiger partial charge in [0.05, 0.1) is 18.2 Å². The monoisotopic (exact) mass is 346 g/mol. The Morgan fingerprint density at radius 3 is 2.67 bits per heavy atom. The van der Waals surface area contributed by atoms with Crippen molar-refractivity contribution in [1.29, 1.82) is 0 Å². The molecule has 0 radical (unpaired) electrons. The maximum Gasteiger partial charge on any atom is 0.242 e. The highest BCUT2D eigenvalue weighted by atomic mass is 32.2. The number of benzene rings is 2. The van der Waals surface area contributed by atoms with Gasteiger partial charge in [-0.3, -0.25) is 4.98 Å². The summed E-state index contributed by atoms with van der Waals surface area (Å²) < 4.78 is 40.8.